The topological polar surface area (TPSA) is 77.4 Å². The molecule has 26 heavy (non-hydrogen) atoms. The van der Waals surface area contributed by atoms with Crippen LogP contribution in [0, 0.1) is 0 Å². The second-order valence-corrected chi connectivity index (χ2v) is 6.66. The highest BCUT2D eigenvalue weighted by atomic mass is 16.7. The Morgan fingerprint density at radius 1 is 1.08 bits per heavy atom. The van der Waals surface area contributed by atoms with E-state index in [0.717, 1.165) is 5.56 Å². The molecule has 1 saturated carbocycles. The molecule has 4 rings (SSSR count). The molecule has 0 radical (unpaired) electrons. The van der Waals surface area contributed by atoms with Crippen LogP contribution in [-0.2, 0) is 10.3 Å². The molecule has 0 amide bonds. The largest absolute Gasteiger partial charge is 0.496 e. The van der Waals surface area contributed by atoms with Gasteiger partial charge in [0.25, 0.3) is 5.79 Å². The maximum absolute atomic E-state index is 11.7. The Hall–Kier alpha value is -2.28. The van der Waals surface area contributed by atoms with Gasteiger partial charge in [0.05, 0.1) is 31.8 Å². The quantitative estimate of drug-likeness (QED) is 0.872. The predicted molar refractivity (Wildman–Crippen MR) is 93.6 cm³/mol. The van der Waals surface area contributed by atoms with Crippen molar-refractivity contribution >= 4 is 0 Å². The van der Waals surface area contributed by atoms with Crippen molar-refractivity contribution in [3.8, 4) is 17.2 Å². The second-order valence-electron chi connectivity index (χ2n) is 6.66. The monoisotopic (exact) mass is 358 g/mol. The van der Waals surface area contributed by atoms with Crippen molar-refractivity contribution < 1.29 is 29.2 Å². The number of aliphatic hydroxyl groups is 2. The Kier molecular flexibility index (Phi) is 3.87. The zero-order valence-corrected chi connectivity index (χ0v) is 14.9. The molecule has 4 atom stereocenters. The molecule has 1 aliphatic heterocycles. The van der Waals surface area contributed by atoms with Crippen LogP contribution in [0.5, 0.6) is 17.2 Å². The number of fused-ring (bicyclic) bond motifs is 3. The number of ether oxygens (including phenoxy) is 4. The van der Waals surface area contributed by atoms with E-state index in [1.54, 1.807) is 19.2 Å². The summed E-state index contributed by atoms with van der Waals surface area (Å²) in [4.78, 5) is 0. The normalized spacial score (nSPS) is 31.9. The zero-order chi connectivity index (χ0) is 18.5. The average Bonchev–Trinajstić information content (AvgIpc) is 3.07. The molecule has 1 fully saturated rings. The fourth-order valence-corrected chi connectivity index (χ4v) is 4.38. The molecule has 2 aromatic rings. The van der Waals surface area contributed by atoms with Gasteiger partial charge in [0.2, 0.25) is 0 Å². The molecule has 6 heteroatoms. The summed E-state index contributed by atoms with van der Waals surface area (Å²) in [5.74, 6) is -0.535. The van der Waals surface area contributed by atoms with Crippen molar-refractivity contribution in [2.45, 2.75) is 29.8 Å². The van der Waals surface area contributed by atoms with Gasteiger partial charge in [-0.25, -0.2) is 0 Å². The van der Waals surface area contributed by atoms with E-state index in [1.165, 1.54) is 14.2 Å². The summed E-state index contributed by atoms with van der Waals surface area (Å²) in [6, 6.07) is 12.9. The summed E-state index contributed by atoms with van der Waals surface area (Å²) >= 11 is 0. The summed E-state index contributed by atoms with van der Waals surface area (Å²) < 4.78 is 22.8. The average molecular weight is 358 g/mol. The standard InChI is InChI=1S/C20H22O6/c1-23-13-9-15(24-2)18-16(10-13)26-20(25-3)14(11-17(21)19(18,20)22)12-7-5-4-6-8-12/h4-10,14,17,21-22H,11H2,1-3H3/t14-,17-,19+,20-/m0/s1. The fourth-order valence-electron chi connectivity index (χ4n) is 4.38. The van der Waals surface area contributed by atoms with Gasteiger partial charge >= 0.3 is 0 Å². The summed E-state index contributed by atoms with van der Waals surface area (Å²) in [6.45, 7) is 0. The van der Waals surface area contributed by atoms with Crippen LogP contribution in [0.3, 0.4) is 0 Å². The number of methoxy groups -OCH3 is 3. The lowest BCUT2D eigenvalue weighted by Crippen LogP contribution is -2.55. The van der Waals surface area contributed by atoms with Gasteiger partial charge in [-0.1, -0.05) is 30.3 Å². The minimum Gasteiger partial charge on any atom is -0.496 e. The summed E-state index contributed by atoms with van der Waals surface area (Å²) in [5.41, 5.74) is -0.466. The van der Waals surface area contributed by atoms with Gasteiger partial charge in [0.15, 0.2) is 5.60 Å². The van der Waals surface area contributed by atoms with Gasteiger partial charge in [-0.15, -0.1) is 0 Å². The maximum Gasteiger partial charge on any atom is 0.253 e. The Morgan fingerprint density at radius 2 is 1.81 bits per heavy atom. The lowest BCUT2D eigenvalue weighted by Gasteiger charge is -2.38. The summed E-state index contributed by atoms with van der Waals surface area (Å²) in [5, 5.41) is 22.6. The molecule has 1 heterocycles. The van der Waals surface area contributed by atoms with Crippen LogP contribution in [0.4, 0.5) is 0 Å². The molecule has 2 aliphatic rings. The molecular formula is C20H22O6. The third-order valence-electron chi connectivity index (χ3n) is 5.57. The Balaban J connectivity index is 1.94. The van der Waals surface area contributed by atoms with Crippen LogP contribution in [0.25, 0.3) is 0 Å². The minimum atomic E-state index is -1.77. The van der Waals surface area contributed by atoms with Gasteiger partial charge in [-0.05, 0) is 12.0 Å². The zero-order valence-electron chi connectivity index (χ0n) is 14.9. The first kappa shape index (κ1) is 17.1. The number of rotatable bonds is 4. The van der Waals surface area contributed by atoms with Crippen LogP contribution in [-0.4, -0.2) is 43.4 Å². The van der Waals surface area contributed by atoms with Crippen LogP contribution in [0.2, 0.25) is 0 Å². The van der Waals surface area contributed by atoms with Gasteiger partial charge in [-0.3, -0.25) is 0 Å². The van der Waals surface area contributed by atoms with Crippen LogP contribution < -0.4 is 14.2 Å². The fraction of sp³-hybridized carbons (Fsp3) is 0.400. The van der Waals surface area contributed by atoms with Gasteiger partial charge < -0.3 is 29.2 Å². The summed E-state index contributed by atoms with van der Waals surface area (Å²) in [7, 11) is 4.52. The molecule has 0 unspecified atom stereocenters. The molecule has 0 aromatic heterocycles. The van der Waals surface area contributed by atoms with Crippen molar-refractivity contribution in [1.29, 1.82) is 0 Å². The molecule has 6 nitrogen and oxygen atoms in total. The number of hydrogen-bond donors (Lipinski definition) is 2. The highest BCUT2D eigenvalue weighted by Crippen LogP contribution is 2.64. The molecule has 0 saturated heterocycles. The number of hydrogen-bond acceptors (Lipinski definition) is 6. The van der Waals surface area contributed by atoms with E-state index < -0.39 is 17.5 Å². The van der Waals surface area contributed by atoms with E-state index in [-0.39, 0.29) is 5.92 Å². The molecule has 1 aliphatic carbocycles. The molecule has 0 bridgehead atoms. The van der Waals surface area contributed by atoms with E-state index >= 15 is 0 Å². The van der Waals surface area contributed by atoms with Gasteiger partial charge in [-0.2, -0.15) is 0 Å². The van der Waals surface area contributed by atoms with Crippen molar-refractivity contribution in [2.75, 3.05) is 21.3 Å². The van der Waals surface area contributed by atoms with Crippen molar-refractivity contribution in [1.82, 2.24) is 0 Å². The van der Waals surface area contributed by atoms with Gasteiger partial charge in [0.1, 0.15) is 17.2 Å². The molecule has 0 spiro atoms. The first-order valence-corrected chi connectivity index (χ1v) is 8.48. The summed E-state index contributed by atoms with van der Waals surface area (Å²) in [6.07, 6.45) is -0.792. The van der Waals surface area contributed by atoms with Crippen LogP contribution in [0.15, 0.2) is 42.5 Å². The Labute approximate surface area is 151 Å². The third-order valence-corrected chi connectivity index (χ3v) is 5.57. The van der Waals surface area contributed by atoms with E-state index in [1.807, 2.05) is 30.3 Å². The third kappa shape index (κ3) is 1.97. The first-order valence-electron chi connectivity index (χ1n) is 8.48. The van der Waals surface area contributed by atoms with Crippen molar-refractivity contribution in [3.63, 3.8) is 0 Å². The van der Waals surface area contributed by atoms with Crippen molar-refractivity contribution in [3.05, 3.63) is 53.6 Å². The molecular weight excluding hydrogens is 336 g/mol. The van der Waals surface area contributed by atoms with E-state index in [4.69, 9.17) is 18.9 Å². The highest BCUT2D eigenvalue weighted by Gasteiger charge is 2.74. The Morgan fingerprint density at radius 3 is 2.42 bits per heavy atom. The van der Waals surface area contributed by atoms with Crippen molar-refractivity contribution in [2.24, 2.45) is 0 Å². The number of benzene rings is 2. The Bertz CT molecular complexity index is 823. The first-order chi connectivity index (χ1) is 12.5. The lowest BCUT2D eigenvalue weighted by molar-refractivity contribution is -0.266. The van der Waals surface area contributed by atoms with Crippen LogP contribution >= 0.6 is 0 Å². The molecule has 2 aromatic carbocycles. The number of aliphatic hydroxyl groups excluding tert-OH is 1. The lowest BCUT2D eigenvalue weighted by atomic mass is 9.83. The van der Waals surface area contributed by atoms with Gasteiger partial charge in [0, 0.05) is 19.2 Å². The molecule has 138 valence electrons. The van der Waals surface area contributed by atoms with E-state index in [9.17, 15) is 10.2 Å². The highest BCUT2D eigenvalue weighted by molar-refractivity contribution is 5.60. The second kappa shape index (κ2) is 5.87. The predicted octanol–water partition coefficient (Wildman–Crippen LogP) is 2.17. The molecule has 2 N–H and O–H groups in total. The smallest absolute Gasteiger partial charge is 0.253 e. The van der Waals surface area contributed by atoms with E-state index in [2.05, 4.69) is 0 Å². The maximum atomic E-state index is 11.7. The van der Waals surface area contributed by atoms with Crippen LogP contribution in [0.1, 0.15) is 23.5 Å². The minimum absolute atomic E-state index is 0.295. The SMILES string of the molecule is COc1cc(OC)c2c(c1)O[C@@]1(OC)[C@H](c3ccccc3)C[C@H](O)[C@@]21O. The van der Waals surface area contributed by atoms with E-state index in [0.29, 0.717) is 29.2 Å².